The summed E-state index contributed by atoms with van der Waals surface area (Å²) in [5.74, 6) is -0.284. The van der Waals surface area contributed by atoms with Gasteiger partial charge in [0.25, 0.3) is 0 Å². The molecule has 0 aromatic heterocycles. The zero-order chi connectivity index (χ0) is 12.8. The van der Waals surface area contributed by atoms with Crippen LogP contribution in [0.25, 0.3) is 0 Å². The highest BCUT2D eigenvalue weighted by Gasteiger charge is 2.19. The molecule has 0 spiro atoms. The Labute approximate surface area is 101 Å². The number of ether oxygens (including phenoxy) is 1. The topological polar surface area (TPSA) is 55.5 Å². The number of halogens is 1. The second kappa shape index (κ2) is 6.57. The number of rotatable bonds is 6. The second-order valence-corrected chi connectivity index (χ2v) is 4.23. The number of aryl methyl sites for hydroxylation is 1. The first-order valence-electron chi connectivity index (χ1n) is 5.87. The molecule has 0 aliphatic rings. The third kappa shape index (κ3) is 3.98. The molecular weight excluding hydrogens is 221 g/mol. The third-order valence-electron chi connectivity index (χ3n) is 2.64. The van der Waals surface area contributed by atoms with Crippen molar-refractivity contribution < 1.29 is 14.2 Å². The van der Waals surface area contributed by atoms with E-state index in [4.69, 9.17) is 10.5 Å². The molecule has 17 heavy (non-hydrogen) atoms. The van der Waals surface area contributed by atoms with Crippen LogP contribution in [0, 0.1) is 12.7 Å². The van der Waals surface area contributed by atoms with Gasteiger partial charge in [-0.15, -0.1) is 0 Å². The minimum absolute atomic E-state index is 0.149. The Balaban J connectivity index is 2.76. The van der Waals surface area contributed by atoms with E-state index in [1.165, 1.54) is 6.07 Å². The maximum atomic E-state index is 13.5. The van der Waals surface area contributed by atoms with Crippen molar-refractivity contribution in [3.05, 3.63) is 29.6 Å². The number of aliphatic hydroxyl groups is 1. The van der Waals surface area contributed by atoms with Crippen LogP contribution in [0.15, 0.2) is 18.2 Å². The Morgan fingerprint density at radius 1 is 1.47 bits per heavy atom. The van der Waals surface area contributed by atoms with E-state index in [0.717, 1.165) is 18.4 Å². The third-order valence-corrected chi connectivity index (χ3v) is 2.64. The van der Waals surface area contributed by atoms with Gasteiger partial charge in [0.15, 0.2) is 11.6 Å². The molecule has 0 heterocycles. The lowest BCUT2D eigenvalue weighted by molar-refractivity contribution is 0.0880. The summed E-state index contributed by atoms with van der Waals surface area (Å²) in [6, 6.07) is 4.34. The monoisotopic (exact) mass is 241 g/mol. The standard InChI is InChI=1S/C13H20FNO2/c1-3-4-11(15)13(8-16)17-12-7-9(2)5-6-10(12)14/h5-7,11,13,16H,3-4,8,15H2,1-2H3. The van der Waals surface area contributed by atoms with Crippen LogP contribution < -0.4 is 10.5 Å². The second-order valence-electron chi connectivity index (χ2n) is 4.23. The summed E-state index contributed by atoms with van der Waals surface area (Å²) in [6.45, 7) is 3.64. The van der Waals surface area contributed by atoms with Gasteiger partial charge >= 0.3 is 0 Å². The zero-order valence-corrected chi connectivity index (χ0v) is 10.3. The zero-order valence-electron chi connectivity index (χ0n) is 10.3. The fraction of sp³-hybridized carbons (Fsp3) is 0.538. The van der Waals surface area contributed by atoms with E-state index in [1.54, 1.807) is 12.1 Å². The number of nitrogens with two attached hydrogens (primary N) is 1. The molecule has 0 aliphatic heterocycles. The van der Waals surface area contributed by atoms with Gasteiger partial charge < -0.3 is 15.6 Å². The van der Waals surface area contributed by atoms with E-state index < -0.39 is 11.9 Å². The molecule has 0 bridgehead atoms. The summed E-state index contributed by atoms with van der Waals surface area (Å²) in [6.07, 6.45) is 1.07. The van der Waals surface area contributed by atoms with Gasteiger partial charge in [0.1, 0.15) is 6.10 Å². The van der Waals surface area contributed by atoms with Crippen molar-refractivity contribution in [2.75, 3.05) is 6.61 Å². The Hall–Kier alpha value is -1.13. The summed E-state index contributed by atoms with van der Waals surface area (Å²) in [5.41, 5.74) is 6.77. The predicted octanol–water partition coefficient (Wildman–Crippen LogP) is 2.00. The lowest BCUT2D eigenvalue weighted by Crippen LogP contribution is -2.41. The molecule has 0 aliphatic carbocycles. The summed E-state index contributed by atoms with van der Waals surface area (Å²) in [5, 5.41) is 9.22. The van der Waals surface area contributed by atoms with Crippen LogP contribution in [0.3, 0.4) is 0 Å². The summed E-state index contributed by atoms with van der Waals surface area (Å²) < 4.78 is 18.9. The van der Waals surface area contributed by atoms with Crippen molar-refractivity contribution in [2.45, 2.75) is 38.8 Å². The van der Waals surface area contributed by atoms with Gasteiger partial charge in [0.05, 0.1) is 6.61 Å². The smallest absolute Gasteiger partial charge is 0.165 e. The van der Waals surface area contributed by atoms with Crippen molar-refractivity contribution in [1.29, 1.82) is 0 Å². The lowest BCUT2D eigenvalue weighted by atomic mass is 10.1. The van der Waals surface area contributed by atoms with E-state index in [1.807, 2.05) is 13.8 Å². The average molecular weight is 241 g/mol. The molecule has 1 rings (SSSR count). The first-order chi connectivity index (χ1) is 8.08. The van der Waals surface area contributed by atoms with Gasteiger partial charge in [0, 0.05) is 6.04 Å². The van der Waals surface area contributed by atoms with Crippen molar-refractivity contribution in [3.8, 4) is 5.75 Å². The molecule has 2 atom stereocenters. The van der Waals surface area contributed by atoms with E-state index in [-0.39, 0.29) is 18.4 Å². The molecular formula is C13H20FNO2. The van der Waals surface area contributed by atoms with Gasteiger partial charge in [-0.25, -0.2) is 4.39 Å². The molecule has 0 saturated carbocycles. The van der Waals surface area contributed by atoms with Crippen molar-refractivity contribution in [3.63, 3.8) is 0 Å². The molecule has 96 valence electrons. The maximum absolute atomic E-state index is 13.5. The summed E-state index contributed by atoms with van der Waals surface area (Å²) >= 11 is 0. The summed E-state index contributed by atoms with van der Waals surface area (Å²) in [7, 11) is 0. The number of hydrogen-bond donors (Lipinski definition) is 2. The Bertz CT molecular complexity index is 357. The minimum Gasteiger partial charge on any atom is -0.483 e. The molecule has 1 aromatic carbocycles. The minimum atomic E-state index is -0.564. The maximum Gasteiger partial charge on any atom is 0.165 e. The predicted molar refractivity (Wildman–Crippen MR) is 65.5 cm³/mol. The molecule has 2 unspecified atom stereocenters. The van der Waals surface area contributed by atoms with Crippen LogP contribution in [0.2, 0.25) is 0 Å². The SMILES string of the molecule is CCCC(N)C(CO)Oc1cc(C)ccc1F. The van der Waals surface area contributed by atoms with Crippen LogP contribution >= 0.6 is 0 Å². The van der Waals surface area contributed by atoms with Crippen LogP contribution in [-0.4, -0.2) is 23.9 Å². The lowest BCUT2D eigenvalue weighted by Gasteiger charge is -2.23. The Morgan fingerprint density at radius 2 is 2.18 bits per heavy atom. The van der Waals surface area contributed by atoms with E-state index in [2.05, 4.69) is 0 Å². The molecule has 3 N–H and O–H groups in total. The van der Waals surface area contributed by atoms with Crippen molar-refractivity contribution in [2.24, 2.45) is 5.73 Å². The first-order valence-corrected chi connectivity index (χ1v) is 5.87. The van der Waals surface area contributed by atoms with E-state index >= 15 is 0 Å². The van der Waals surface area contributed by atoms with Gasteiger partial charge in [-0.2, -0.15) is 0 Å². The fourth-order valence-electron chi connectivity index (χ4n) is 1.64. The van der Waals surface area contributed by atoms with Crippen LogP contribution in [0.1, 0.15) is 25.3 Å². The van der Waals surface area contributed by atoms with Crippen LogP contribution in [-0.2, 0) is 0 Å². The quantitative estimate of drug-likeness (QED) is 0.801. The summed E-state index contributed by atoms with van der Waals surface area (Å²) in [4.78, 5) is 0. The molecule has 0 radical (unpaired) electrons. The van der Waals surface area contributed by atoms with Gasteiger partial charge in [-0.05, 0) is 31.0 Å². The highest BCUT2D eigenvalue weighted by molar-refractivity contribution is 5.29. The number of hydrogen-bond acceptors (Lipinski definition) is 3. The Morgan fingerprint density at radius 3 is 2.76 bits per heavy atom. The Kier molecular flexibility index (Phi) is 5.38. The van der Waals surface area contributed by atoms with Gasteiger partial charge in [-0.3, -0.25) is 0 Å². The van der Waals surface area contributed by atoms with Crippen LogP contribution in [0.4, 0.5) is 4.39 Å². The number of benzene rings is 1. The first kappa shape index (κ1) is 13.9. The van der Waals surface area contributed by atoms with Crippen molar-refractivity contribution >= 4 is 0 Å². The van der Waals surface area contributed by atoms with E-state index in [0.29, 0.717) is 0 Å². The van der Waals surface area contributed by atoms with E-state index in [9.17, 15) is 9.50 Å². The van der Waals surface area contributed by atoms with Gasteiger partial charge in [0.2, 0.25) is 0 Å². The highest BCUT2D eigenvalue weighted by atomic mass is 19.1. The number of aliphatic hydroxyl groups excluding tert-OH is 1. The molecule has 0 amide bonds. The van der Waals surface area contributed by atoms with Crippen LogP contribution in [0.5, 0.6) is 5.75 Å². The fourth-order valence-corrected chi connectivity index (χ4v) is 1.64. The largest absolute Gasteiger partial charge is 0.483 e. The highest BCUT2D eigenvalue weighted by Crippen LogP contribution is 2.20. The molecule has 1 aromatic rings. The molecule has 3 nitrogen and oxygen atoms in total. The normalized spacial score (nSPS) is 14.4. The van der Waals surface area contributed by atoms with Crippen molar-refractivity contribution in [1.82, 2.24) is 0 Å². The average Bonchev–Trinajstić information content (AvgIpc) is 2.30. The van der Waals surface area contributed by atoms with Gasteiger partial charge in [-0.1, -0.05) is 19.4 Å². The molecule has 0 saturated heterocycles. The molecule has 4 heteroatoms. The molecule has 0 fully saturated rings.